The van der Waals surface area contributed by atoms with Crippen LogP contribution in [0.2, 0.25) is 0 Å². The Morgan fingerprint density at radius 1 is 1.53 bits per heavy atom. The lowest BCUT2D eigenvalue weighted by Crippen LogP contribution is -2.45. The van der Waals surface area contributed by atoms with E-state index in [1.807, 2.05) is 0 Å². The van der Waals surface area contributed by atoms with E-state index in [1.54, 1.807) is 0 Å². The first-order valence-electron chi connectivity index (χ1n) is 6.22. The third-order valence-corrected chi connectivity index (χ3v) is 4.24. The number of nitrogens with two attached hydrogens (primary N) is 1. The van der Waals surface area contributed by atoms with Gasteiger partial charge in [0.2, 0.25) is 10.0 Å². The zero-order chi connectivity index (χ0) is 12.9. The lowest BCUT2D eigenvalue weighted by molar-refractivity contribution is -0.0778. The van der Waals surface area contributed by atoms with Gasteiger partial charge in [0.25, 0.3) is 0 Å². The van der Waals surface area contributed by atoms with Gasteiger partial charge in [-0.25, -0.2) is 13.6 Å². The minimum absolute atomic E-state index is 0.0319. The number of hydrogen-bond acceptors (Lipinski definition) is 4. The van der Waals surface area contributed by atoms with Crippen LogP contribution in [0.5, 0.6) is 0 Å². The molecule has 0 radical (unpaired) electrons. The van der Waals surface area contributed by atoms with E-state index in [0.29, 0.717) is 19.0 Å². The van der Waals surface area contributed by atoms with Gasteiger partial charge in [0.1, 0.15) is 0 Å². The summed E-state index contributed by atoms with van der Waals surface area (Å²) in [5, 5.41) is 8.33. The quantitative estimate of drug-likeness (QED) is 0.688. The molecule has 1 rings (SSSR count). The Labute approximate surface area is 104 Å². The van der Waals surface area contributed by atoms with Gasteiger partial charge in [-0.15, -0.1) is 0 Å². The molecule has 1 heterocycles. The molecule has 1 aliphatic heterocycles. The van der Waals surface area contributed by atoms with Crippen LogP contribution < -0.4 is 10.5 Å². The summed E-state index contributed by atoms with van der Waals surface area (Å²) in [6.45, 7) is 5.73. The molecule has 5 nitrogen and oxygen atoms in total. The molecule has 102 valence electrons. The van der Waals surface area contributed by atoms with E-state index in [0.717, 1.165) is 25.9 Å². The average Bonchev–Trinajstić information content (AvgIpc) is 2.24. The lowest BCUT2D eigenvalue weighted by atomic mass is 9.90. The number of rotatable bonds is 6. The highest BCUT2D eigenvalue weighted by Gasteiger charge is 2.31. The fourth-order valence-electron chi connectivity index (χ4n) is 2.13. The monoisotopic (exact) mass is 264 g/mol. The summed E-state index contributed by atoms with van der Waals surface area (Å²) in [6, 6.07) is 0.425. The molecular weight excluding hydrogens is 240 g/mol. The maximum absolute atomic E-state index is 10.8. The Morgan fingerprint density at radius 3 is 2.82 bits per heavy atom. The molecule has 1 saturated heterocycles. The van der Waals surface area contributed by atoms with Gasteiger partial charge in [-0.2, -0.15) is 0 Å². The second kappa shape index (κ2) is 6.13. The van der Waals surface area contributed by atoms with Crippen molar-refractivity contribution in [2.75, 3.05) is 18.9 Å². The van der Waals surface area contributed by atoms with Gasteiger partial charge in [-0.05, 0) is 39.2 Å². The van der Waals surface area contributed by atoms with Crippen LogP contribution in [0.15, 0.2) is 0 Å². The van der Waals surface area contributed by atoms with E-state index in [1.165, 1.54) is 0 Å². The summed E-state index contributed by atoms with van der Waals surface area (Å²) in [5.74, 6) is 0.0499. The van der Waals surface area contributed by atoms with Crippen molar-refractivity contribution in [1.29, 1.82) is 0 Å². The molecule has 0 aromatic rings. The normalized spacial score (nSPS) is 30.4. The molecular formula is C11H24N2O3S. The Balaban J connectivity index is 2.24. The van der Waals surface area contributed by atoms with Crippen molar-refractivity contribution in [3.8, 4) is 0 Å². The number of nitrogens with one attached hydrogen (secondary N) is 1. The maximum atomic E-state index is 10.8. The molecule has 1 aliphatic rings. The first kappa shape index (κ1) is 14.9. The smallest absolute Gasteiger partial charge is 0.209 e. The van der Waals surface area contributed by atoms with Crippen molar-refractivity contribution in [3.05, 3.63) is 0 Å². The van der Waals surface area contributed by atoms with Gasteiger partial charge >= 0.3 is 0 Å². The predicted octanol–water partition coefficient (Wildman–Crippen LogP) is 0.602. The molecule has 6 heteroatoms. The van der Waals surface area contributed by atoms with Gasteiger partial charge in [0.05, 0.1) is 11.4 Å². The topological polar surface area (TPSA) is 81.4 Å². The average molecular weight is 264 g/mol. The van der Waals surface area contributed by atoms with Crippen molar-refractivity contribution in [2.45, 2.75) is 51.2 Å². The van der Waals surface area contributed by atoms with Gasteiger partial charge in [0.15, 0.2) is 0 Å². The Hall–Kier alpha value is -0.170. The van der Waals surface area contributed by atoms with Gasteiger partial charge in [-0.1, -0.05) is 6.92 Å². The zero-order valence-electron chi connectivity index (χ0n) is 10.7. The Kier molecular flexibility index (Phi) is 5.37. The van der Waals surface area contributed by atoms with Crippen molar-refractivity contribution in [2.24, 2.45) is 5.14 Å². The minimum Gasteiger partial charge on any atom is -0.375 e. The van der Waals surface area contributed by atoms with Crippen molar-refractivity contribution in [1.82, 2.24) is 5.32 Å². The van der Waals surface area contributed by atoms with Crippen LogP contribution in [0.4, 0.5) is 0 Å². The SMILES string of the molecule is CCC1(C)CC(NCCCS(N)(=O)=O)CCO1. The highest BCUT2D eigenvalue weighted by molar-refractivity contribution is 7.89. The van der Waals surface area contributed by atoms with Crippen LogP contribution in [0.1, 0.15) is 39.5 Å². The highest BCUT2D eigenvalue weighted by Crippen LogP contribution is 2.27. The summed E-state index contributed by atoms with van der Waals surface area (Å²) in [7, 11) is -3.32. The van der Waals surface area contributed by atoms with E-state index in [2.05, 4.69) is 19.2 Å². The molecule has 0 spiro atoms. The summed E-state index contributed by atoms with van der Waals surface area (Å²) in [4.78, 5) is 0. The van der Waals surface area contributed by atoms with Crippen molar-refractivity contribution >= 4 is 10.0 Å². The van der Waals surface area contributed by atoms with Crippen LogP contribution in [0, 0.1) is 0 Å². The largest absolute Gasteiger partial charge is 0.375 e. The second-order valence-electron chi connectivity index (χ2n) is 5.02. The second-order valence-corrected chi connectivity index (χ2v) is 6.75. The fourth-order valence-corrected chi connectivity index (χ4v) is 2.68. The maximum Gasteiger partial charge on any atom is 0.209 e. The molecule has 0 aromatic heterocycles. The fraction of sp³-hybridized carbons (Fsp3) is 1.00. The van der Waals surface area contributed by atoms with Gasteiger partial charge in [-0.3, -0.25) is 0 Å². The summed E-state index contributed by atoms with van der Waals surface area (Å²) in [5.41, 5.74) is -0.0319. The number of primary sulfonamides is 1. The van der Waals surface area contributed by atoms with Crippen LogP contribution in [0.3, 0.4) is 0 Å². The first-order valence-corrected chi connectivity index (χ1v) is 7.94. The van der Waals surface area contributed by atoms with E-state index < -0.39 is 10.0 Å². The van der Waals surface area contributed by atoms with E-state index in [4.69, 9.17) is 9.88 Å². The molecule has 3 N–H and O–H groups in total. The summed E-state index contributed by atoms with van der Waals surface area (Å²) >= 11 is 0. The first-order chi connectivity index (χ1) is 7.85. The number of sulfonamides is 1. The van der Waals surface area contributed by atoms with Crippen molar-refractivity contribution in [3.63, 3.8) is 0 Å². The van der Waals surface area contributed by atoms with Crippen LogP contribution in [-0.2, 0) is 14.8 Å². The van der Waals surface area contributed by atoms with Gasteiger partial charge in [0, 0.05) is 12.6 Å². The number of hydrogen-bond donors (Lipinski definition) is 2. The number of ether oxygens (including phenoxy) is 1. The van der Waals surface area contributed by atoms with Gasteiger partial charge < -0.3 is 10.1 Å². The van der Waals surface area contributed by atoms with Crippen LogP contribution in [-0.4, -0.2) is 39.0 Å². The third-order valence-electron chi connectivity index (χ3n) is 3.38. The highest BCUT2D eigenvalue weighted by atomic mass is 32.2. The molecule has 0 aromatic carbocycles. The molecule has 0 saturated carbocycles. The van der Waals surface area contributed by atoms with Crippen molar-refractivity contribution < 1.29 is 13.2 Å². The third kappa shape index (κ3) is 5.81. The lowest BCUT2D eigenvalue weighted by Gasteiger charge is -2.38. The minimum atomic E-state index is -3.32. The molecule has 17 heavy (non-hydrogen) atoms. The summed E-state index contributed by atoms with van der Waals surface area (Å²) in [6.07, 6.45) is 3.55. The van der Waals surface area contributed by atoms with E-state index >= 15 is 0 Å². The zero-order valence-corrected chi connectivity index (χ0v) is 11.6. The standard InChI is InChI=1S/C11H24N2O3S/c1-3-11(2)9-10(5-7-16-11)13-6-4-8-17(12,14)15/h10,13H,3-9H2,1-2H3,(H2,12,14,15). The molecule has 2 unspecified atom stereocenters. The molecule has 0 aliphatic carbocycles. The predicted molar refractivity (Wildman–Crippen MR) is 68.3 cm³/mol. The molecule has 0 amide bonds. The van der Waals surface area contributed by atoms with E-state index in [9.17, 15) is 8.42 Å². The summed E-state index contributed by atoms with van der Waals surface area (Å²) < 4.78 is 27.3. The molecule has 1 fully saturated rings. The van der Waals surface area contributed by atoms with Crippen LogP contribution in [0.25, 0.3) is 0 Å². The van der Waals surface area contributed by atoms with Crippen LogP contribution >= 0.6 is 0 Å². The Bertz CT molecular complexity index is 332. The molecule has 0 bridgehead atoms. The van der Waals surface area contributed by atoms with E-state index in [-0.39, 0.29) is 11.4 Å². The Morgan fingerprint density at radius 2 is 2.24 bits per heavy atom. The molecule has 2 atom stereocenters.